The van der Waals surface area contributed by atoms with E-state index in [1.54, 1.807) is 0 Å². The maximum atomic E-state index is 12.3. The van der Waals surface area contributed by atoms with Gasteiger partial charge >= 0.3 is 0 Å². The Labute approximate surface area is 126 Å². The standard InChI is InChI=1S/C16H14BrNO2/c1-10-2-5-14(17)15(6-10)18-16(19)11-3-4-12-8-20-9-13(12)7-11/h2-7H,8-9H2,1H3,(H,18,19). The minimum absolute atomic E-state index is 0.106. The van der Waals surface area contributed by atoms with Gasteiger partial charge < -0.3 is 10.1 Å². The molecular formula is C16H14BrNO2. The fourth-order valence-corrected chi connectivity index (χ4v) is 2.59. The van der Waals surface area contributed by atoms with Crippen LogP contribution in [0.5, 0.6) is 0 Å². The van der Waals surface area contributed by atoms with Crippen LogP contribution in [0.1, 0.15) is 27.0 Å². The number of carbonyl (C=O) groups is 1. The van der Waals surface area contributed by atoms with Crippen molar-refractivity contribution in [2.75, 3.05) is 5.32 Å². The summed E-state index contributed by atoms with van der Waals surface area (Å²) in [5.41, 5.74) is 4.81. The van der Waals surface area contributed by atoms with Crippen molar-refractivity contribution in [3.8, 4) is 0 Å². The Hall–Kier alpha value is -1.65. The molecule has 1 aliphatic rings. The normalized spacial score (nSPS) is 13.1. The first-order chi connectivity index (χ1) is 9.63. The Bertz CT molecular complexity index is 682. The predicted molar refractivity (Wildman–Crippen MR) is 81.8 cm³/mol. The van der Waals surface area contributed by atoms with E-state index in [1.807, 2.05) is 43.3 Å². The Balaban J connectivity index is 1.84. The third kappa shape index (κ3) is 2.62. The molecule has 4 heteroatoms. The van der Waals surface area contributed by atoms with Gasteiger partial charge in [-0.2, -0.15) is 0 Å². The van der Waals surface area contributed by atoms with Crippen molar-refractivity contribution < 1.29 is 9.53 Å². The molecule has 0 saturated carbocycles. The quantitative estimate of drug-likeness (QED) is 0.901. The first kappa shape index (κ1) is 13.3. The molecule has 0 fully saturated rings. The number of benzene rings is 2. The summed E-state index contributed by atoms with van der Waals surface area (Å²) in [6, 6.07) is 11.6. The molecule has 0 aliphatic carbocycles. The first-order valence-electron chi connectivity index (χ1n) is 6.40. The zero-order valence-electron chi connectivity index (χ0n) is 11.1. The molecule has 0 bridgehead atoms. The molecular weight excluding hydrogens is 318 g/mol. The number of nitrogens with one attached hydrogen (secondary N) is 1. The van der Waals surface area contributed by atoms with Gasteiger partial charge in [0, 0.05) is 10.0 Å². The van der Waals surface area contributed by atoms with E-state index < -0.39 is 0 Å². The van der Waals surface area contributed by atoms with Crippen molar-refractivity contribution in [3.63, 3.8) is 0 Å². The number of fused-ring (bicyclic) bond motifs is 1. The van der Waals surface area contributed by atoms with Crippen LogP contribution in [0.15, 0.2) is 40.9 Å². The molecule has 1 N–H and O–H groups in total. The van der Waals surface area contributed by atoms with Crippen LogP contribution in [0.2, 0.25) is 0 Å². The number of halogens is 1. The van der Waals surface area contributed by atoms with Crippen molar-refractivity contribution in [1.29, 1.82) is 0 Å². The van der Waals surface area contributed by atoms with Gasteiger partial charge in [-0.3, -0.25) is 4.79 Å². The van der Waals surface area contributed by atoms with Crippen LogP contribution in [0.25, 0.3) is 0 Å². The number of carbonyl (C=O) groups excluding carboxylic acids is 1. The van der Waals surface area contributed by atoms with Crippen molar-refractivity contribution >= 4 is 27.5 Å². The number of hydrogen-bond acceptors (Lipinski definition) is 2. The Morgan fingerprint density at radius 1 is 1.15 bits per heavy atom. The van der Waals surface area contributed by atoms with Crippen LogP contribution in [-0.2, 0) is 18.0 Å². The number of aryl methyl sites for hydroxylation is 1. The van der Waals surface area contributed by atoms with Gasteiger partial charge in [0.1, 0.15) is 0 Å². The SMILES string of the molecule is Cc1ccc(Br)c(NC(=O)c2ccc3c(c2)COC3)c1. The van der Waals surface area contributed by atoms with E-state index in [2.05, 4.69) is 21.2 Å². The maximum Gasteiger partial charge on any atom is 0.255 e. The van der Waals surface area contributed by atoms with Crippen molar-refractivity contribution in [2.24, 2.45) is 0 Å². The highest BCUT2D eigenvalue weighted by atomic mass is 79.9. The molecule has 0 saturated heterocycles. The predicted octanol–water partition coefficient (Wildman–Crippen LogP) is 4.04. The second-order valence-corrected chi connectivity index (χ2v) is 5.77. The summed E-state index contributed by atoms with van der Waals surface area (Å²) in [5, 5.41) is 2.93. The number of rotatable bonds is 2. The second kappa shape index (κ2) is 5.38. The summed E-state index contributed by atoms with van der Waals surface area (Å²) in [6.07, 6.45) is 0. The van der Waals surface area contributed by atoms with E-state index in [9.17, 15) is 4.79 Å². The van der Waals surface area contributed by atoms with Crippen molar-refractivity contribution in [2.45, 2.75) is 20.1 Å². The molecule has 0 atom stereocenters. The van der Waals surface area contributed by atoms with Crippen molar-refractivity contribution in [1.82, 2.24) is 0 Å². The summed E-state index contributed by atoms with van der Waals surface area (Å²) in [6.45, 7) is 3.22. The van der Waals surface area contributed by atoms with Gasteiger partial charge in [0.2, 0.25) is 0 Å². The summed E-state index contributed by atoms with van der Waals surface area (Å²) in [7, 11) is 0. The molecule has 0 spiro atoms. The lowest BCUT2D eigenvalue weighted by Gasteiger charge is -2.09. The molecule has 0 radical (unpaired) electrons. The molecule has 1 heterocycles. The van der Waals surface area contributed by atoms with Gasteiger partial charge in [-0.05, 0) is 63.8 Å². The summed E-state index contributed by atoms with van der Waals surface area (Å²) in [4.78, 5) is 12.3. The number of anilines is 1. The smallest absolute Gasteiger partial charge is 0.255 e. The molecule has 3 nitrogen and oxygen atoms in total. The minimum Gasteiger partial charge on any atom is -0.372 e. The topological polar surface area (TPSA) is 38.3 Å². The summed E-state index contributed by atoms with van der Waals surface area (Å²) < 4.78 is 6.24. The highest BCUT2D eigenvalue weighted by molar-refractivity contribution is 9.10. The lowest BCUT2D eigenvalue weighted by atomic mass is 10.1. The fraction of sp³-hybridized carbons (Fsp3) is 0.188. The van der Waals surface area contributed by atoms with Gasteiger partial charge in [-0.25, -0.2) is 0 Å². The van der Waals surface area contributed by atoms with Crippen LogP contribution in [0.4, 0.5) is 5.69 Å². The van der Waals surface area contributed by atoms with Crippen LogP contribution in [0, 0.1) is 6.92 Å². The van der Waals surface area contributed by atoms with E-state index in [1.165, 1.54) is 5.56 Å². The lowest BCUT2D eigenvalue weighted by molar-refractivity contribution is 0.102. The second-order valence-electron chi connectivity index (χ2n) is 4.91. The highest BCUT2D eigenvalue weighted by Gasteiger charge is 2.15. The molecule has 0 unspecified atom stereocenters. The molecule has 0 aromatic heterocycles. The fourth-order valence-electron chi connectivity index (χ4n) is 2.24. The number of hydrogen-bond donors (Lipinski definition) is 1. The average molecular weight is 332 g/mol. The third-order valence-electron chi connectivity index (χ3n) is 3.35. The Morgan fingerprint density at radius 3 is 2.80 bits per heavy atom. The van der Waals surface area contributed by atoms with Crippen molar-refractivity contribution in [3.05, 3.63) is 63.1 Å². The van der Waals surface area contributed by atoms with E-state index in [4.69, 9.17) is 4.74 Å². The largest absolute Gasteiger partial charge is 0.372 e. The molecule has 2 aromatic carbocycles. The first-order valence-corrected chi connectivity index (χ1v) is 7.20. The van der Waals surface area contributed by atoms with E-state index in [-0.39, 0.29) is 5.91 Å². The molecule has 20 heavy (non-hydrogen) atoms. The minimum atomic E-state index is -0.106. The summed E-state index contributed by atoms with van der Waals surface area (Å²) >= 11 is 3.45. The highest BCUT2D eigenvalue weighted by Crippen LogP contribution is 2.25. The van der Waals surface area contributed by atoms with Crippen LogP contribution < -0.4 is 5.32 Å². The van der Waals surface area contributed by atoms with Gasteiger partial charge in [-0.1, -0.05) is 12.1 Å². The molecule has 102 valence electrons. The zero-order chi connectivity index (χ0) is 14.1. The van der Waals surface area contributed by atoms with Crippen LogP contribution in [0.3, 0.4) is 0 Å². The lowest BCUT2D eigenvalue weighted by Crippen LogP contribution is -2.12. The Kier molecular flexibility index (Phi) is 3.59. The Morgan fingerprint density at radius 2 is 1.95 bits per heavy atom. The maximum absolute atomic E-state index is 12.3. The van der Waals surface area contributed by atoms with Gasteiger partial charge in [0.05, 0.1) is 18.9 Å². The number of amides is 1. The van der Waals surface area contributed by atoms with E-state index in [0.717, 1.165) is 21.3 Å². The van der Waals surface area contributed by atoms with Crippen LogP contribution in [-0.4, -0.2) is 5.91 Å². The monoisotopic (exact) mass is 331 g/mol. The third-order valence-corrected chi connectivity index (χ3v) is 4.05. The van der Waals surface area contributed by atoms with E-state index in [0.29, 0.717) is 18.8 Å². The number of ether oxygens (including phenoxy) is 1. The average Bonchev–Trinajstić information content (AvgIpc) is 2.90. The van der Waals surface area contributed by atoms with Gasteiger partial charge in [-0.15, -0.1) is 0 Å². The molecule has 1 aliphatic heterocycles. The zero-order valence-corrected chi connectivity index (χ0v) is 12.7. The van der Waals surface area contributed by atoms with Crippen LogP contribution >= 0.6 is 15.9 Å². The van der Waals surface area contributed by atoms with Gasteiger partial charge in [0.15, 0.2) is 0 Å². The molecule has 1 amide bonds. The van der Waals surface area contributed by atoms with Gasteiger partial charge in [0.25, 0.3) is 5.91 Å². The van der Waals surface area contributed by atoms with E-state index >= 15 is 0 Å². The summed E-state index contributed by atoms with van der Waals surface area (Å²) in [5.74, 6) is -0.106. The molecule has 3 rings (SSSR count). The molecule has 2 aromatic rings.